The number of hydrogen-bond donors (Lipinski definition) is 1. The van der Waals surface area contributed by atoms with Crippen LogP contribution in [0.1, 0.15) is 21.6 Å². The van der Waals surface area contributed by atoms with Crippen LogP contribution in [0.15, 0.2) is 42.6 Å². The second-order valence-electron chi connectivity index (χ2n) is 4.10. The molecule has 0 aliphatic carbocycles. The van der Waals surface area contributed by atoms with Gasteiger partial charge in [0, 0.05) is 23.9 Å². The second-order valence-corrected chi connectivity index (χ2v) is 4.10. The number of ether oxygens (including phenoxy) is 1. The topological polar surface area (TPSA) is 59.4 Å². The number of carbonyl (C=O) groups excluding carboxylic acids is 1. The van der Waals surface area contributed by atoms with Crippen molar-refractivity contribution in [1.82, 2.24) is 4.98 Å². The summed E-state index contributed by atoms with van der Waals surface area (Å²) in [6, 6.07) is 10.7. The summed E-state index contributed by atoms with van der Waals surface area (Å²) < 4.78 is 5.56. The van der Waals surface area contributed by atoms with Gasteiger partial charge in [-0.15, -0.1) is 0 Å². The van der Waals surface area contributed by atoms with Gasteiger partial charge in [0.15, 0.2) is 0 Å². The lowest BCUT2D eigenvalue weighted by Crippen LogP contribution is -2.03. The van der Waals surface area contributed by atoms with Crippen molar-refractivity contribution >= 4 is 6.29 Å². The highest BCUT2D eigenvalue weighted by Crippen LogP contribution is 2.11. The van der Waals surface area contributed by atoms with E-state index < -0.39 is 0 Å². The van der Waals surface area contributed by atoms with Crippen molar-refractivity contribution in [2.24, 2.45) is 0 Å². The maximum Gasteiger partial charge on any atom is 0.150 e. The van der Waals surface area contributed by atoms with Gasteiger partial charge < -0.3 is 9.84 Å². The van der Waals surface area contributed by atoms with Crippen molar-refractivity contribution < 1.29 is 14.6 Å². The standard InChI is InChI=1S/C15H15NO3/c17-10-12-2-5-15(6-3-12)19-8-7-14-4-1-13(11-18)9-16-14/h1-6,9-10,18H,7-8,11H2. The molecule has 98 valence electrons. The van der Waals surface area contributed by atoms with Crippen molar-refractivity contribution in [3.8, 4) is 5.75 Å². The molecular weight excluding hydrogens is 242 g/mol. The molecule has 19 heavy (non-hydrogen) atoms. The van der Waals surface area contributed by atoms with Gasteiger partial charge in [-0.1, -0.05) is 6.07 Å². The van der Waals surface area contributed by atoms with Gasteiger partial charge in [0.25, 0.3) is 0 Å². The third-order valence-corrected chi connectivity index (χ3v) is 2.71. The minimum absolute atomic E-state index is 0.00681. The third kappa shape index (κ3) is 3.89. The zero-order valence-electron chi connectivity index (χ0n) is 10.5. The number of nitrogens with zero attached hydrogens (tertiary/aromatic N) is 1. The van der Waals surface area contributed by atoms with Crippen LogP contribution in [0.3, 0.4) is 0 Å². The van der Waals surface area contributed by atoms with E-state index in [9.17, 15) is 4.79 Å². The fourth-order valence-electron chi connectivity index (χ4n) is 1.61. The summed E-state index contributed by atoms with van der Waals surface area (Å²) >= 11 is 0. The van der Waals surface area contributed by atoms with Gasteiger partial charge in [0.05, 0.1) is 13.2 Å². The van der Waals surface area contributed by atoms with Crippen molar-refractivity contribution in [3.63, 3.8) is 0 Å². The van der Waals surface area contributed by atoms with Crippen LogP contribution in [-0.4, -0.2) is 23.0 Å². The quantitative estimate of drug-likeness (QED) is 0.804. The molecule has 0 radical (unpaired) electrons. The molecule has 2 aromatic rings. The highest BCUT2D eigenvalue weighted by Gasteiger charge is 1.98. The molecule has 0 aliphatic rings. The lowest BCUT2D eigenvalue weighted by molar-refractivity contribution is 0.112. The van der Waals surface area contributed by atoms with E-state index in [1.807, 2.05) is 12.1 Å². The molecule has 0 amide bonds. The number of aliphatic hydroxyl groups is 1. The van der Waals surface area contributed by atoms with E-state index in [4.69, 9.17) is 9.84 Å². The first kappa shape index (κ1) is 13.2. The molecule has 0 saturated carbocycles. The summed E-state index contributed by atoms with van der Waals surface area (Å²) in [4.78, 5) is 14.7. The number of pyridine rings is 1. The van der Waals surface area contributed by atoms with Gasteiger partial charge in [0.1, 0.15) is 12.0 Å². The molecule has 1 aromatic carbocycles. The maximum atomic E-state index is 10.5. The molecule has 4 nitrogen and oxygen atoms in total. The number of hydrogen-bond acceptors (Lipinski definition) is 4. The van der Waals surface area contributed by atoms with Crippen LogP contribution in [0, 0.1) is 0 Å². The Morgan fingerprint density at radius 2 is 1.95 bits per heavy atom. The Morgan fingerprint density at radius 3 is 2.53 bits per heavy atom. The number of aromatic nitrogens is 1. The number of carbonyl (C=O) groups is 1. The summed E-state index contributed by atoms with van der Waals surface area (Å²) in [5, 5.41) is 8.91. The zero-order chi connectivity index (χ0) is 13.5. The van der Waals surface area contributed by atoms with Crippen molar-refractivity contribution in [3.05, 3.63) is 59.4 Å². The summed E-state index contributed by atoms with van der Waals surface area (Å²) in [7, 11) is 0. The second kappa shape index (κ2) is 6.66. The number of aldehydes is 1. The van der Waals surface area contributed by atoms with Crippen LogP contribution in [0.2, 0.25) is 0 Å². The van der Waals surface area contributed by atoms with Crippen LogP contribution in [0.4, 0.5) is 0 Å². The average Bonchev–Trinajstić information content (AvgIpc) is 2.49. The number of aliphatic hydroxyl groups excluding tert-OH is 1. The van der Waals surface area contributed by atoms with Crippen LogP contribution in [0.5, 0.6) is 5.75 Å². The van der Waals surface area contributed by atoms with Crippen LogP contribution >= 0.6 is 0 Å². The highest BCUT2D eigenvalue weighted by atomic mass is 16.5. The fourth-order valence-corrected chi connectivity index (χ4v) is 1.61. The van der Waals surface area contributed by atoms with E-state index in [1.165, 1.54) is 0 Å². The predicted octanol–water partition coefficient (Wildman–Crippen LogP) is 2.01. The maximum absolute atomic E-state index is 10.5. The molecule has 1 heterocycles. The third-order valence-electron chi connectivity index (χ3n) is 2.71. The largest absolute Gasteiger partial charge is 0.493 e. The molecule has 1 N–H and O–H groups in total. The van der Waals surface area contributed by atoms with Crippen molar-refractivity contribution in [2.45, 2.75) is 13.0 Å². The first-order valence-corrected chi connectivity index (χ1v) is 6.04. The van der Waals surface area contributed by atoms with Gasteiger partial charge >= 0.3 is 0 Å². The molecule has 0 bridgehead atoms. The normalized spacial score (nSPS) is 10.2. The predicted molar refractivity (Wildman–Crippen MR) is 71.2 cm³/mol. The first-order chi connectivity index (χ1) is 9.31. The van der Waals surface area contributed by atoms with E-state index >= 15 is 0 Å². The average molecular weight is 257 g/mol. The smallest absolute Gasteiger partial charge is 0.150 e. The van der Waals surface area contributed by atoms with E-state index in [0.29, 0.717) is 18.6 Å². The minimum Gasteiger partial charge on any atom is -0.493 e. The molecule has 0 aliphatic heterocycles. The van der Waals surface area contributed by atoms with E-state index in [2.05, 4.69) is 4.98 Å². The lowest BCUT2D eigenvalue weighted by atomic mass is 10.2. The van der Waals surface area contributed by atoms with Crippen LogP contribution < -0.4 is 4.74 Å². The Hall–Kier alpha value is -2.20. The Bertz CT molecular complexity index is 520. The summed E-state index contributed by atoms with van der Waals surface area (Å²) in [6.07, 6.45) is 3.16. The van der Waals surface area contributed by atoms with E-state index in [0.717, 1.165) is 23.3 Å². The molecule has 0 atom stereocenters. The number of benzene rings is 1. The molecule has 0 saturated heterocycles. The van der Waals surface area contributed by atoms with E-state index in [-0.39, 0.29) is 6.61 Å². The summed E-state index contributed by atoms with van der Waals surface area (Å²) in [6.45, 7) is 0.527. The molecule has 0 spiro atoms. The Kier molecular flexibility index (Phi) is 4.64. The van der Waals surface area contributed by atoms with Gasteiger partial charge in [-0.3, -0.25) is 9.78 Å². The number of rotatable bonds is 6. The minimum atomic E-state index is 0.00681. The molecule has 2 rings (SSSR count). The molecule has 0 unspecified atom stereocenters. The summed E-state index contributed by atoms with van der Waals surface area (Å²) in [5.74, 6) is 0.734. The van der Waals surface area contributed by atoms with Crippen LogP contribution in [0.25, 0.3) is 0 Å². The molecular formula is C15H15NO3. The SMILES string of the molecule is O=Cc1ccc(OCCc2ccc(CO)cn2)cc1. The summed E-state index contributed by atoms with van der Waals surface area (Å²) in [5.41, 5.74) is 2.35. The van der Waals surface area contributed by atoms with Crippen LogP contribution in [-0.2, 0) is 13.0 Å². The Balaban J connectivity index is 1.83. The first-order valence-electron chi connectivity index (χ1n) is 6.04. The van der Waals surface area contributed by atoms with Gasteiger partial charge in [-0.2, -0.15) is 0 Å². The van der Waals surface area contributed by atoms with Crippen molar-refractivity contribution in [1.29, 1.82) is 0 Å². The lowest BCUT2D eigenvalue weighted by Gasteiger charge is -2.06. The van der Waals surface area contributed by atoms with Gasteiger partial charge in [-0.05, 0) is 35.9 Å². The van der Waals surface area contributed by atoms with Gasteiger partial charge in [-0.25, -0.2) is 0 Å². The zero-order valence-corrected chi connectivity index (χ0v) is 10.5. The fraction of sp³-hybridized carbons (Fsp3) is 0.200. The molecule has 0 fully saturated rings. The Labute approximate surface area is 111 Å². The monoisotopic (exact) mass is 257 g/mol. The highest BCUT2D eigenvalue weighted by molar-refractivity contribution is 5.74. The van der Waals surface area contributed by atoms with E-state index in [1.54, 1.807) is 30.5 Å². The molecule has 1 aromatic heterocycles. The molecule has 4 heteroatoms. The van der Waals surface area contributed by atoms with Gasteiger partial charge in [0.2, 0.25) is 0 Å². The van der Waals surface area contributed by atoms with Crippen molar-refractivity contribution in [2.75, 3.05) is 6.61 Å². The Morgan fingerprint density at radius 1 is 1.16 bits per heavy atom.